The van der Waals surface area contributed by atoms with Crippen molar-refractivity contribution >= 4 is 23.7 Å². The average Bonchev–Trinajstić information content (AvgIpc) is 0.752. The van der Waals surface area contributed by atoms with E-state index in [2.05, 4.69) is 259 Å². The Hall–Kier alpha value is -6.34. The van der Waals surface area contributed by atoms with E-state index in [0.717, 1.165) is 35.7 Å². The van der Waals surface area contributed by atoms with E-state index in [1.165, 1.54) is 35.1 Å². The molecule has 0 aliphatic carbocycles. The number of ether oxygens (including phenoxy) is 3. The summed E-state index contributed by atoms with van der Waals surface area (Å²) in [6.45, 7) is 69.8. The zero-order valence-electron chi connectivity index (χ0n) is 65.1. The molecule has 0 aliphatic heterocycles. The van der Waals surface area contributed by atoms with Gasteiger partial charge in [0.05, 0.1) is 17.8 Å². The van der Waals surface area contributed by atoms with Crippen molar-refractivity contribution in [3.8, 4) is 0 Å². The lowest BCUT2D eigenvalue weighted by atomic mass is 9.63. The molecule has 526 valence electrons. The minimum atomic E-state index is -0.346. The molecule has 7 heteroatoms. The molecule has 0 fully saturated rings. The Bertz CT molecular complexity index is 2470. The lowest BCUT2D eigenvalue weighted by molar-refractivity contribution is -0.158. The third-order valence-electron chi connectivity index (χ3n) is 13.5. The summed E-state index contributed by atoms with van der Waals surface area (Å²) in [7, 11) is 0. The van der Waals surface area contributed by atoms with Crippen molar-refractivity contribution in [3.05, 3.63) is 205 Å². The van der Waals surface area contributed by atoms with Crippen LogP contribution in [-0.4, -0.2) is 35.9 Å². The second kappa shape index (κ2) is 54.0. The zero-order valence-corrected chi connectivity index (χ0v) is 65.1. The smallest absolute Gasteiger partial charge is 0.308 e. The summed E-state index contributed by atoms with van der Waals surface area (Å²) in [6, 6.07) is 52.9. The van der Waals surface area contributed by atoms with Gasteiger partial charge < -0.3 is 14.2 Å². The maximum atomic E-state index is 11.1. The van der Waals surface area contributed by atoms with Crippen molar-refractivity contribution in [2.75, 3.05) is 6.61 Å². The third-order valence-corrected chi connectivity index (χ3v) is 13.5. The molecule has 5 rings (SSSR count). The van der Waals surface area contributed by atoms with Crippen LogP contribution in [0.15, 0.2) is 177 Å². The highest BCUT2D eigenvalue weighted by atomic mass is 16.6. The molecule has 0 atom stereocenters. The van der Waals surface area contributed by atoms with Gasteiger partial charge in [0.1, 0.15) is 24.6 Å². The molecular formula is C86H140O7. The van der Waals surface area contributed by atoms with Crippen molar-refractivity contribution in [1.82, 2.24) is 0 Å². The topological polar surface area (TPSA) is 96.0 Å². The number of carbonyl (C=O) groups excluding carboxylic acids is 4. The maximum Gasteiger partial charge on any atom is 0.308 e. The van der Waals surface area contributed by atoms with Crippen LogP contribution in [0.5, 0.6) is 0 Å². The van der Waals surface area contributed by atoms with Gasteiger partial charge >= 0.3 is 17.9 Å². The van der Waals surface area contributed by atoms with Crippen molar-refractivity contribution < 1.29 is 33.4 Å². The normalized spacial score (nSPS) is 10.7. The van der Waals surface area contributed by atoms with Gasteiger partial charge in [0.25, 0.3) is 0 Å². The Morgan fingerprint density at radius 3 is 0.903 bits per heavy atom. The van der Waals surface area contributed by atoms with E-state index in [1.807, 2.05) is 98.7 Å². The number of ketones is 1. The molecule has 7 nitrogen and oxygen atoms in total. The molecule has 0 spiro atoms. The molecule has 0 radical (unpaired) electrons. The van der Waals surface area contributed by atoms with Crippen molar-refractivity contribution in [3.63, 3.8) is 0 Å². The number of benzene rings is 5. The minimum absolute atomic E-state index is 0.0285. The summed E-state index contributed by atoms with van der Waals surface area (Å²) in [5, 5.41) is 0. The van der Waals surface area contributed by atoms with Gasteiger partial charge in [0.2, 0.25) is 0 Å². The van der Waals surface area contributed by atoms with Gasteiger partial charge in [-0.05, 0) is 109 Å². The maximum absolute atomic E-state index is 11.1. The molecule has 0 heterocycles. The highest BCUT2D eigenvalue weighted by molar-refractivity contribution is 5.77. The molecule has 0 unspecified atom stereocenters. The van der Waals surface area contributed by atoms with E-state index in [4.69, 9.17) is 14.2 Å². The van der Waals surface area contributed by atoms with Crippen LogP contribution in [0.25, 0.3) is 0 Å². The lowest BCUT2D eigenvalue weighted by Gasteiger charge is -2.39. The molecule has 0 aromatic heterocycles. The van der Waals surface area contributed by atoms with Crippen LogP contribution in [0.3, 0.4) is 0 Å². The van der Waals surface area contributed by atoms with Crippen molar-refractivity contribution in [2.45, 2.75) is 245 Å². The molecule has 5 aromatic rings. The monoisotopic (exact) mass is 1290 g/mol. The van der Waals surface area contributed by atoms with Gasteiger partial charge in [-0.15, -0.1) is 6.58 Å². The summed E-state index contributed by atoms with van der Waals surface area (Å²) in [4.78, 5) is 42.8. The first-order valence-corrected chi connectivity index (χ1v) is 34.4. The van der Waals surface area contributed by atoms with E-state index in [-0.39, 0.29) is 58.4 Å². The average molecular weight is 1290 g/mol. The number of hydrogen-bond donors (Lipinski definition) is 0. The van der Waals surface area contributed by atoms with Crippen LogP contribution in [0.2, 0.25) is 0 Å². The summed E-state index contributed by atoms with van der Waals surface area (Å²) in [5.74, 6) is 3.63. The lowest BCUT2D eigenvalue weighted by Crippen LogP contribution is -2.35. The Morgan fingerprint density at radius 1 is 0.419 bits per heavy atom. The van der Waals surface area contributed by atoms with Gasteiger partial charge in [-0.1, -0.05) is 357 Å². The molecule has 0 amide bonds. The van der Waals surface area contributed by atoms with Crippen LogP contribution in [0.4, 0.5) is 0 Å². The Morgan fingerprint density at radius 2 is 0.710 bits per heavy atom. The molecule has 5 aromatic carbocycles. The SMILES string of the molecule is C=CCC(C)(C)C.C=CCOC(=O)C(C)C.CC(=O)C(C)C.CC(C)C.CC(C)C(=O)OC(C)(C)C.CC(C)C(=O)OCc1ccccc1.CC(C)C(C)(C)C.CC(C)C(c1ccccc1)(c1ccccc1)c1ccccc1.CC(C)Cc1ccccc1.CCC(C)C. The molecule has 0 N–H and O–H groups in total. The van der Waals surface area contributed by atoms with Crippen LogP contribution in [0, 0.1) is 64.1 Å². The molecule has 93 heavy (non-hydrogen) atoms. The zero-order chi connectivity index (χ0) is 73.1. The minimum Gasteiger partial charge on any atom is -0.461 e. The largest absolute Gasteiger partial charge is 0.461 e. The van der Waals surface area contributed by atoms with Crippen LogP contribution >= 0.6 is 0 Å². The molecule has 0 aliphatic rings. The van der Waals surface area contributed by atoms with Gasteiger partial charge in [-0.3, -0.25) is 19.2 Å². The van der Waals surface area contributed by atoms with E-state index in [1.54, 1.807) is 26.8 Å². The van der Waals surface area contributed by atoms with Crippen LogP contribution < -0.4 is 0 Å². The second-order valence-electron chi connectivity index (χ2n) is 30.0. The first kappa shape index (κ1) is 95.4. The van der Waals surface area contributed by atoms with Crippen molar-refractivity contribution in [1.29, 1.82) is 0 Å². The summed E-state index contributed by atoms with van der Waals surface area (Å²) in [5.41, 5.74) is 6.98. The number of carbonyl (C=O) groups is 4. The first-order valence-electron chi connectivity index (χ1n) is 34.4. The predicted molar refractivity (Wildman–Crippen MR) is 407 cm³/mol. The summed E-state index contributed by atoms with van der Waals surface area (Å²) < 4.78 is 14.8. The van der Waals surface area contributed by atoms with Gasteiger partial charge in [0, 0.05) is 11.3 Å². The number of hydrogen-bond acceptors (Lipinski definition) is 7. The van der Waals surface area contributed by atoms with Crippen molar-refractivity contribution in [2.24, 2.45) is 64.1 Å². The number of Topliss-reactive ketones (excluding diaryl/α,β-unsaturated/α-hetero) is 1. The van der Waals surface area contributed by atoms with Crippen LogP contribution in [0.1, 0.15) is 248 Å². The van der Waals surface area contributed by atoms with E-state index in [9.17, 15) is 19.2 Å². The first-order chi connectivity index (χ1) is 42.9. The third kappa shape index (κ3) is 55.8. The molecule has 0 bridgehead atoms. The van der Waals surface area contributed by atoms with Gasteiger partial charge in [0.15, 0.2) is 0 Å². The van der Waals surface area contributed by atoms with E-state index < -0.39 is 0 Å². The van der Waals surface area contributed by atoms with Crippen LogP contribution in [-0.2, 0) is 51.8 Å². The molecule has 0 saturated carbocycles. The predicted octanol–water partition coefficient (Wildman–Crippen LogP) is 24.5. The highest BCUT2D eigenvalue weighted by Gasteiger charge is 2.39. The molecular weight excluding hydrogens is 1140 g/mol. The Kier molecular flexibility index (Phi) is 55.3. The Labute approximate surface area is 574 Å². The van der Waals surface area contributed by atoms with E-state index >= 15 is 0 Å². The number of rotatable bonds is 16. The highest BCUT2D eigenvalue weighted by Crippen LogP contribution is 2.45. The quantitative estimate of drug-likeness (QED) is 0.0420. The van der Waals surface area contributed by atoms with Gasteiger partial charge in [-0.25, -0.2) is 0 Å². The number of esters is 3. The summed E-state index contributed by atoms with van der Waals surface area (Å²) in [6.07, 6.45) is 7.12. The molecule has 0 saturated heterocycles. The number of allylic oxidation sites excluding steroid dienone is 1. The standard InChI is InChI=1S/C22H22.C11H14O2.C10H14.C8H16O2.C7H12O2.C7H16.C7H14.C5H10O.C5H12.C4H10/c1-18(2)22(19-12-6-3-7-13-19,20-14-8-4-9-15-20)21-16-10-5-11-17-21;1-9(2)11(12)13-8-10-6-4-3-5-7-10;1-9(2)8-10-6-4-3-5-7-10;1-6(2)7(9)10-8(3,4)5;1-4-5-9-7(8)6(2)3;1-6(2)7(3,4)5;1-5-6-7(2,3)4;1-4(2)5(3)6;1-4-5(2)3;1-4(2)3/h3-18H,1-2H3;3-7,9H,8H2,1-2H3;3-7,9H,8H2,1-2H3;6H,1-5H3;4,6H,1,5H2,2-3H3;6H,1-5H3;5H,1,6H2,2-4H3;4H,1-3H3;5H,4H2,1-3H3;4H,1-3H3. The fraction of sp³-hybridized carbons (Fsp3) is 0.558. The fourth-order valence-corrected chi connectivity index (χ4v) is 6.74. The second-order valence-corrected chi connectivity index (χ2v) is 30.0. The Balaban J connectivity index is -0.000000323. The fourth-order valence-electron chi connectivity index (χ4n) is 6.74. The summed E-state index contributed by atoms with van der Waals surface area (Å²) >= 11 is 0. The van der Waals surface area contributed by atoms with Gasteiger partial charge in [-0.2, -0.15) is 0 Å². The van der Waals surface area contributed by atoms with E-state index in [0.29, 0.717) is 30.0 Å².